The molecular weight excluding hydrogens is 791 g/mol. The van der Waals surface area contributed by atoms with Crippen LogP contribution in [0.25, 0.3) is 33.6 Å². The number of carbonyl (C=O) groups is 5. The Kier molecular flexibility index (Phi) is 11.9. The van der Waals surface area contributed by atoms with Gasteiger partial charge in [0.05, 0.1) is 62.0 Å². The molecule has 9 rings (SSSR count). The summed E-state index contributed by atoms with van der Waals surface area (Å²) in [5.41, 5.74) is 7.78. The number of likely N-dealkylation sites (tertiary alicyclic amines) is 2. The minimum absolute atomic E-state index is 0.0805. The number of imidazole rings is 2. The van der Waals surface area contributed by atoms with Crippen LogP contribution in [0.1, 0.15) is 113 Å². The quantitative estimate of drug-likeness (QED) is 0.128. The highest BCUT2D eigenvalue weighted by Crippen LogP contribution is 2.53. The van der Waals surface area contributed by atoms with Crippen LogP contribution in [-0.4, -0.2) is 111 Å². The first-order valence-corrected chi connectivity index (χ1v) is 21.8. The second kappa shape index (κ2) is 17.3. The van der Waals surface area contributed by atoms with E-state index >= 15 is 0 Å². The van der Waals surface area contributed by atoms with Gasteiger partial charge in [0.15, 0.2) is 0 Å². The van der Waals surface area contributed by atoms with E-state index in [-0.39, 0.29) is 53.6 Å². The number of nitrogens with zero attached hydrogens (tertiary/aromatic N) is 5. The third-order valence-electron chi connectivity index (χ3n) is 13.3. The third kappa shape index (κ3) is 7.68. The molecule has 16 nitrogen and oxygen atoms in total. The number of benzene rings is 2. The number of ether oxygens (including phenoxy) is 2. The molecule has 4 aliphatic heterocycles. The molecule has 3 fully saturated rings. The third-order valence-corrected chi connectivity index (χ3v) is 13.3. The fourth-order valence-corrected chi connectivity index (χ4v) is 10.0. The Morgan fingerprint density at radius 1 is 0.661 bits per heavy atom. The fourth-order valence-electron chi connectivity index (χ4n) is 10.0. The minimum atomic E-state index is -0.733. The summed E-state index contributed by atoms with van der Waals surface area (Å²) >= 11 is 0. The molecular formula is C46H57N9O7. The first-order chi connectivity index (χ1) is 29.8. The van der Waals surface area contributed by atoms with Gasteiger partial charge in [-0.1, -0.05) is 64.1 Å². The Morgan fingerprint density at radius 2 is 1.16 bits per heavy atom. The van der Waals surface area contributed by atoms with Gasteiger partial charge in [0.2, 0.25) is 17.7 Å². The van der Waals surface area contributed by atoms with E-state index in [0.29, 0.717) is 24.7 Å². The van der Waals surface area contributed by atoms with Gasteiger partial charge in [-0.25, -0.2) is 19.6 Å². The highest BCUT2D eigenvalue weighted by Gasteiger charge is 2.46. The van der Waals surface area contributed by atoms with Crippen molar-refractivity contribution in [3.8, 4) is 33.6 Å². The highest BCUT2D eigenvalue weighted by atomic mass is 16.5. The number of nitrogens with one attached hydrogen (secondary N) is 4. The van der Waals surface area contributed by atoms with Crippen molar-refractivity contribution < 1.29 is 33.4 Å². The summed E-state index contributed by atoms with van der Waals surface area (Å²) in [7, 11) is 4.47. The van der Waals surface area contributed by atoms with Crippen molar-refractivity contribution in [2.24, 2.45) is 11.8 Å². The number of amides is 5. The summed E-state index contributed by atoms with van der Waals surface area (Å²) in [6.45, 7) is 8.71. The monoisotopic (exact) mass is 847 g/mol. The molecule has 328 valence electrons. The van der Waals surface area contributed by atoms with Gasteiger partial charge >= 0.3 is 12.2 Å². The van der Waals surface area contributed by atoms with E-state index in [4.69, 9.17) is 19.4 Å². The normalized spacial score (nSPS) is 21.6. The Labute approximate surface area is 361 Å². The maximum absolute atomic E-state index is 13.8. The predicted octanol–water partition coefficient (Wildman–Crippen LogP) is 6.61. The second-order valence-electron chi connectivity index (χ2n) is 17.6. The number of methoxy groups -OCH3 is 2. The van der Waals surface area contributed by atoms with Gasteiger partial charge in [-0.3, -0.25) is 14.4 Å². The van der Waals surface area contributed by atoms with Crippen LogP contribution in [-0.2, 0) is 23.9 Å². The Morgan fingerprint density at radius 3 is 1.69 bits per heavy atom. The topological polar surface area (TPSA) is 195 Å². The van der Waals surface area contributed by atoms with Gasteiger partial charge in [0.1, 0.15) is 23.7 Å². The number of aromatic amines is 2. The predicted molar refractivity (Wildman–Crippen MR) is 230 cm³/mol. The molecule has 6 atom stereocenters. The molecule has 5 amide bonds. The summed E-state index contributed by atoms with van der Waals surface area (Å²) in [6, 6.07) is 10.5. The lowest BCUT2D eigenvalue weighted by Gasteiger charge is -2.46. The molecule has 2 aromatic carbocycles. The second-order valence-corrected chi connectivity index (χ2v) is 17.6. The average Bonchev–Trinajstić information content (AvgIpc) is 4.12. The standard InChI is InChI=1S/C46H57N9O7/c1-24(2)38(51-45(59)61-6)43(57)54-20-8-10-34(54)40-47-22-31(49-40)27-14-12-26(13-15-27)28-16-17-29(36-30-18-19-33(37(28)36)53(5)42(30)56)32-23-48-41(50-32)35-11-9-21-55(35)44(58)39(25(3)4)52-46(60)62-7/h12-17,22-25,30,33-35,38-39H,8-11,18-21H2,1-7H3,(H,47,49)(H,48,50)(H,51,59)(H,52,60)/t30?,33?,34-,35+,38?,39?/m0/s1. The molecule has 3 saturated heterocycles. The fraction of sp³-hybridized carbons (Fsp3) is 0.500. The molecule has 62 heavy (non-hydrogen) atoms. The summed E-state index contributed by atoms with van der Waals surface area (Å²) < 4.78 is 9.59. The van der Waals surface area contributed by atoms with Crippen molar-refractivity contribution >= 4 is 29.9 Å². The molecule has 0 radical (unpaired) electrons. The molecule has 4 aromatic rings. The molecule has 0 spiro atoms. The zero-order valence-electron chi connectivity index (χ0n) is 36.5. The van der Waals surface area contributed by atoms with Crippen molar-refractivity contribution in [3.05, 3.63) is 71.6 Å². The van der Waals surface area contributed by atoms with Gasteiger partial charge in [0, 0.05) is 25.7 Å². The van der Waals surface area contributed by atoms with Gasteiger partial charge in [-0.2, -0.15) is 0 Å². The summed E-state index contributed by atoms with van der Waals surface area (Å²) in [5.74, 6) is 0.605. The molecule has 5 aliphatic rings. The smallest absolute Gasteiger partial charge is 0.407 e. The number of piperidine rings is 1. The molecule has 0 saturated carbocycles. The molecule has 16 heteroatoms. The van der Waals surface area contributed by atoms with Crippen LogP contribution >= 0.6 is 0 Å². The number of alkyl carbamates (subject to hydrolysis) is 2. The van der Waals surface area contributed by atoms with Gasteiger partial charge in [-0.15, -0.1) is 0 Å². The first kappa shape index (κ1) is 42.5. The molecule has 4 N–H and O–H groups in total. The van der Waals surface area contributed by atoms with E-state index in [9.17, 15) is 24.0 Å². The Hall–Kier alpha value is -6.19. The molecule has 4 unspecified atom stereocenters. The molecule has 2 bridgehead atoms. The van der Waals surface area contributed by atoms with Crippen LogP contribution in [0, 0.1) is 11.8 Å². The Balaban J connectivity index is 1.06. The SMILES string of the molecule is COC(=O)NC(C(=O)N1CCC[C@@H]1c1ncc(-c2ccc(-c3ccc(-c4cnc([C@@H]5CCCN5C(=O)C(NC(=O)OC)C(C)C)[nH]4)cc3)c3c2C2CCC3N(C)C2=O)[nH]1)C(C)C. The van der Waals surface area contributed by atoms with Crippen LogP contribution in [0.15, 0.2) is 48.8 Å². The maximum atomic E-state index is 13.8. The number of hydrogen-bond acceptors (Lipinski definition) is 9. The van der Waals surface area contributed by atoms with Crippen LogP contribution in [0.2, 0.25) is 0 Å². The van der Waals surface area contributed by atoms with Crippen molar-refractivity contribution in [2.75, 3.05) is 34.4 Å². The number of hydrogen-bond donors (Lipinski definition) is 4. The minimum Gasteiger partial charge on any atom is -0.453 e. The lowest BCUT2D eigenvalue weighted by atomic mass is 9.70. The number of rotatable bonds is 11. The number of carbonyl (C=O) groups excluding carboxylic acids is 5. The van der Waals surface area contributed by atoms with Crippen molar-refractivity contribution in [1.82, 2.24) is 45.3 Å². The van der Waals surface area contributed by atoms with Crippen molar-refractivity contribution in [2.45, 2.75) is 102 Å². The molecule has 6 heterocycles. The lowest BCUT2D eigenvalue weighted by Crippen LogP contribution is -2.51. The maximum Gasteiger partial charge on any atom is 0.407 e. The summed E-state index contributed by atoms with van der Waals surface area (Å²) in [4.78, 5) is 87.5. The van der Waals surface area contributed by atoms with E-state index in [1.54, 1.807) is 16.0 Å². The number of aromatic nitrogens is 4. The summed E-state index contributed by atoms with van der Waals surface area (Å²) in [6.07, 6.45) is 7.09. The number of fused-ring (bicyclic) bond motifs is 2. The van der Waals surface area contributed by atoms with Crippen LogP contribution in [0.3, 0.4) is 0 Å². The van der Waals surface area contributed by atoms with Crippen LogP contribution < -0.4 is 10.6 Å². The zero-order chi connectivity index (χ0) is 44.0. The molecule has 2 aromatic heterocycles. The van der Waals surface area contributed by atoms with E-state index in [2.05, 4.69) is 57.0 Å². The van der Waals surface area contributed by atoms with E-state index < -0.39 is 24.3 Å². The Bertz CT molecular complexity index is 2350. The van der Waals surface area contributed by atoms with Crippen molar-refractivity contribution in [1.29, 1.82) is 0 Å². The largest absolute Gasteiger partial charge is 0.453 e. The first-order valence-electron chi connectivity index (χ1n) is 21.8. The lowest BCUT2D eigenvalue weighted by molar-refractivity contribution is -0.138. The van der Waals surface area contributed by atoms with E-state index in [0.717, 1.165) is 83.3 Å². The number of likely N-dealkylation sites (N-methyl/N-ethyl adjacent to an activating group) is 1. The number of H-pyrrole nitrogens is 2. The van der Waals surface area contributed by atoms with E-state index in [1.165, 1.54) is 14.2 Å². The van der Waals surface area contributed by atoms with Gasteiger partial charge < -0.3 is 44.8 Å². The van der Waals surface area contributed by atoms with Crippen LogP contribution in [0.4, 0.5) is 9.59 Å². The van der Waals surface area contributed by atoms with Gasteiger partial charge in [0.25, 0.3) is 0 Å². The van der Waals surface area contributed by atoms with Gasteiger partial charge in [-0.05, 0) is 78.2 Å². The average molecular weight is 848 g/mol. The van der Waals surface area contributed by atoms with Crippen LogP contribution in [0.5, 0.6) is 0 Å². The summed E-state index contributed by atoms with van der Waals surface area (Å²) in [5, 5.41) is 5.42. The van der Waals surface area contributed by atoms with Crippen molar-refractivity contribution in [3.63, 3.8) is 0 Å². The van der Waals surface area contributed by atoms with E-state index in [1.807, 2.05) is 45.8 Å². The molecule has 1 aliphatic carbocycles. The zero-order valence-corrected chi connectivity index (χ0v) is 36.5. The highest BCUT2D eigenvalue weighted by molar-refractivity contribution is 5.93.